The molecule has 0 amide bonds. The lowest BCUT2D eigenvalue weighted by Gasteiger charge is -2.03. The summed E-state index contributed by atoms with van der Waals surface area (Å²) in [7, 11) is 0. The summed E-state index contributed by atoms with van der Waals surface area (Å²) in [4.78, 5) is 0. The van der Waals surface area contributed by atoms with E-state index in [9.17, 15) is 0 Å². The zero-order chi connectivity index (χ0) is 9.97. The SMILES string of the molecule is CC(C)CNCc1cc(C2CC2)on1. The van der Waals surface area contributed by atoms with Crippen molar-refractivity contribution >= 4 is 0 Å². The highest BCUT2D eigenvalue weighted by molar-refractivity contribution is 5.14. The summed E-state index contributed by atoms with van der Waals surface area (Å²) < 4.78 is 5.26. The van der Waals surface area contributed by atoms with Crippen LogP contribution in [0.1, 0.15) is 44.1 Å². The molecule has 3 heteroatoms. The molecule has 0 radical (unpaired) electrons. The average Bonchev–Trinajstić information content (AvgIpc) is 2.87. The number of rotatable bonds is 5. The first-order valence-electron chi connectivity index (χ1n) is 5.42. The van der Waals surface area contributed by atoms with Crippen molar-refractivity contribution in [3.05, 3.63) is 17.5 Å². The second-order valence-electron chi connectivity index (χ2n) is 4.52. The molecule has 1 fully saturated rings. The molecule has 0 aromatic carbocycles. The topological polar surface area (TPSA) is 38.1 Å². The fourth-order valence-electron chi connectivity index (χ4n) is 1.46. The third-order valence-electron chi connectivity index (χ3n) is 2.42. The van der Waals surface area contributed by atoms with Crippen molar-refractivity contribution in [3.63, 3.8) is 0 Å². The average molecular weight is 194 g/mol. The van der Waals surface area contributed by atoms with Gasteiger partial charge in [0.25, 0.3) is 0 Å². The molecule has 0 saturated heterocycles. The summed E-state index contributed by atoms with van der Waals surface area (Å²) in [6.45, 7) is 6.26. The van der Waals surface area contributed by atoms with Gasteiger partial charge in [0.05, 0.1) is 5.69 Å². The molecular formula is C11H18N2O. The van der Waals surface area contributed by atoms with Crippen LogP contribution in [-0.4, -0.2) is 11.7 Å². The maximum Gasteiger partial charge on any atom is 0.140 e. The first-order valence-corrected chi connectivity index (χ1v) is 5.42. The third-order valence-corrected chi connectivity index (χ3v) is 2.42. The standard InChI is InChI=1S/C11H18N2O/c1-8(2)6-12-7-10-5-11(14-13-10)9-3-4-9/h5,8-9,12H,3-4,6-7H2,1-2H3. The molecule has 14 heavy (non-hydrogen) atoms. The van der Waals surface area contributed by atoms with Gasteiger partial charge >= 0.3 is 0 Å². The second-order valence-corrected chi connectivity index (χ2v) is 4.52. The van der Waals surface area contributed by atoms with Gasteiger partial charge < -0.3 is 9.84 Å². The number of aromatic nitrogens is 1. The van der Waals surface area contributed by atoms with Gasteiger partial charge in [0, 0.05) is 18.5 Å². The Morgan fingerprint density at radius 1 is 1.57 bits per heavy atom. The normalized spacial score (nSPS) is 16.5. The van der Waals surface area contributed by atoms with E-state index >= 15 is 0 Å². The third kappa shape index (κ3) is 2.58. The molecule has 1 N–H and O–H groups in total. The van der Waals surface area contributed by atoms with Crippen molar-refractivity contribution < 1.29 is 4.52 Å². The summed E-state index contributed by atoms with van der Waals surface area (Å²) in [5.74, 6) is 2.43. The van der Waals surface area contributed by atoms with E-state index in [4.69, 9.17) is 4.52 Å². The predicted octanol–water partition coefficient (Wildman–Crippen LogP) is 2.30. The van der Waals surface area contributed by atoms with Crippen LogP contribution in [-0.2, 0) is 6.54 Å². The van der Waals surface area contributed by atoms with Gasteiger partial charge in [-0.25, -0.2) is 0 Å². The maximum absolute atomic E-state index is 5.26. The Bertz CT molecular complexity index is 289. The van der Waals surface area contributed by atoms with Crippen LogP contribution in [0.5, 0.6) is 0 Å². The Morgan fingerprint density at radius 3 is 3.00 bits per heavy atom. The van der Waals surface area contributed by atoms with Crippen LogP contribution in [0.3, 0.4) is 0 Å². The molecule has 1 heterocycles. The lowest BCUT2D eigenvalue weighted by atomic mass is 10.2. The first-order chi connectivity index (χ1) is 6.75. The molecular weight excluding hydrogens is 176 g/mol. The molecule has 1 aliphatic rings. The summed E-state index contributed by atoms with van der Waals surface area (Å²) in [5, 5.41) is 7.39. The Labute approximate surface area is 84.9 Å². The Kier molecular flexibility index (Phi) is 2.87. The Balaban J connectivity index is 1.78. The van der Waals surface area contributed by atoms with Gasteiger partial charge in [-0.3, -0.25) is 0 Å². The van der Waals surface area contributed by atoms with E-state index in [0.29, 0.717) is 11.8 Å². The minimum atomic E-state index is 0.668. The zero-order valence-electron chi connectivity index (χ0n) is 8.92. The second kappa shape index (κ2) is 4.13. The van der Waals surface area contributed by atoms with Crippen LogP contribution in [0.25, 0.3) is 0 Å². The van der Waals surface area contributed by atoms with E-state index in [1.807, 2.05) is 0 Å². The largest absolute Gasteiger partial charge is 0.361 e. The highest BCUT2D eigenvalue weighted by Crippen LogP contribution is 2.40. The monoisotopic (exact) mass is 194 g/mol. The number of nitrogens with one attached hydrogen (secondary N) is 1. The summed E-state index contributed by atoms with van der Waals surface area (Å²) in [5.41, 5.74) is 1.03. The van der Waals surface area contributed by atoms with Crippen molar-refractivity contribution in [2.75, 3.05) is 6.54 Å². The van der Waals surface area contributed by atoms with Crippen molar-refractivity contribution in [2.24, 2.45) is 5.92 Å². The Hall–Kier alpha value is -0.830. The quantitative estimate of drug-likeness (QED) is 0.781. The van der Waals surface area contributed by atoms with Crippen molar-refractivity contribution in [2.45, 2.75) is 39.2 Å². The molecule has 2 rings (SSSR count). The van der Waals surface area contributed by atoms with Gasteiger partial charge in [0.15, 0.2) is 0 Å². The minimum Gasteiger partial charge on any atom is -0.361 e. The van der Waals surface area contributed by atoms with Crippen LogP contribution in [0, 0.1) is 5.92 Å². The van der Waals surface area contributed by atoms with Gasteiger partial charge in [0.1, 0.15) is 5.76 Å². The Morgan fingerprint density at radius 2 is 2.36 bits per heavy atom. The molecule has 0 bridgehead atoms. The molecule has 0 atom stereocenters. The van der Waals surface area contributed by atoms with E-state index in [2.05, 4.69) is 30.4 Å². The van der Waals surface area contributed by atoms with Crippen molar-refractivity contribution in [3.8, 4) is 0 Å². The minimum absolute atomic E-state index is 0.668. The number of nitrogens with zero attached hydrogens (tertiary/aromatic N) is 1. The van der Waals surface area contributed by atoms with E-state index in [0.717, 1.165) is 24.5 Å². The number of hydrogen-bond donors (Lipinski definition) is 1. The van der Waals surface area contributed by atoms with Crippen LogP contribution in [0.4, 0.5) is 0 Å². The van der Waals surface area contributed by atoms with Crippen LogP contribution in [0.15, 0.2) is 10.6 Å². The highest BCUT2D eigenvalue weighted by atomic mass is 16.5. The van der Waals surface area contributed by atoms with E-state index in [-0.39, 0.29) is 0 Å². The molecule has 1 aromatic heterocycles. The van der Waals surface area contributed by atoms with E-state index < -0.39 is 0 Å². The van der Waals surface area contributed by atoms with Gasteiger partial charge in [-0.2, -0.15) is 0 Å². The lowest BCUT2D eigenvalue weighted by Crippen LogP contribution is -2.19. The van der Waals surface area contributed by atoms with Crippen LogP contribution >= 0.6 is 0 Å². The highest BCUT2D eigenvalue weighted by Gasteiger charge is 2.27. The molecule has 1 saturated carbocycles. The molecule has 3 nitrogen and oxygen atoms in total. The summed E-state index contributed by atoms with van der Waals surface area (Å²) in [6.07, 6.45) is 2.54. The van der Waals surface area contributed by atoms with Crippen LogP contribution in [0.2, 0.25) is 0 Å². The van der Waals surface area contributed by atoms with Gasteiger partial charge in [-0.15, -0.1) is 0 Å². The van der Waals surface area contributed by atoms with Gasteiger partial charge in [0.2, 0.25) is 0 Å². The fourth-order valence-corrected chi connectivity index (χ4v) is 1.46. The van der Waals surface area contributed by atoms with E-state index in [1.54, 1.807) is 0 Å². The fraction of sp³-hybridized carbons (Fsp3) is 0.727. The molecule has 78 valence electrons. The van der Waals surface area contributed by atoms with Gasteiger partial charge in [-0.1, -0.05) is 19.0 Å². The van der Waals surface area contributed by atoms with Crippen LogP contribution < -0.4 is 5.32 Å². The predicted molar refractivity (Wildman–Crippen MR) is 55.0 cm³/mol. The van der Waals surface area contributed by atoms with Crippen molar-refractivity contribution in [1.29, 1.82) is 0 Å². The summed E-state index contributed by atoms with van der Waals surface area (Å²) in [6, 6.07) is 2.09. The van der Waals surface area contributed by atoms with Crippen molar-refractivity contribution in [1.82, 2.24) is 10.5 Å². The molecule has 0 aliphatic heterocycles. The zero-order valence-corrected chi connectivity index (χ0v) is 8.92. The number of hydrogen-bond acceptors (Lipinski definition) is 3. The molecule has 1 aliphatic carbocycles. The summed E-state index contributed by atoms with van der Waals surface area (Å²) >= 11 is 0. The molecule has 0 unspecified atom stereocenters. The molecule has 1 aromatic rings. The molecule has 0 spiro atoms. The first kappa shape index (κ1) is 9.71. The van der Waals surface area contributed by atoms with Gasteiger partial charge in [-0.05, 0) is 25.3 Å². The smallest absolute Gasteiger partial charge is 0.140 e. The maximum atomic E-state index is 5.26. The van der Waals surface area contributed by atoms with E-state index in [1.165, 1.54) is 12.8 Å². The lowest BCUT2D eigenvalue weighted by molar-refractivity contribution is 0.375.